The lowest BCUT2D eigenvalue weighted by molar-refractivity contribution is 1.03. The minimum Gasteiger partial charge on any atom is -0.388 e. The highest BCUT2D eigenvalue weighted by atomic mass is 14.8. The van der Waals surface area contributed by atoms with Crippen LogP contribution in [0.25, 0.3) is 0 Å². The van der Waals surface area contributed by atoms with Crippen LogP contribution in [-0.2, 0) is 0 Å². The smallest absolute Gasteiger partial charge is 0.0288 e. The molecule has 0 atom stereocenters. The van der Waals surface area contributed by atoms with Gasteiger partial charge in [-0.3, -0.25) is 0 Å². The molecule has 1 heteroatoms. The first-order valence-electron chi connectivity index (χ1n) is 4.31. The Morgan fingerprint density at radius 1 is 1.18 bits per heavy atom. The van der Waals surface area contributed by atoms with Crippen LogP contribution in [-0.4, -0.2) is 7.05 Å². The molecule has 0 aliphatic carbocycles. The zero-order chi connectivity index (χ0) is 9.70. The quantitative estimate of drug-likeness (QED) is 0.606. The summed E-state index contributed by atoms with van der Waals surface area (Å²) < 4.78 is 0. The largest absolute Gasteiger partial charge is 0.388 e. The van der Waals surface area contributed by atoms with Crippen molar-refractivity contribution in [3.63, 3.8) is 0 Å². The van der Waals surface area contributed by atoms with Gasteiger partial charge in [-0.15, -0.1) is 0 Å². The Morgan fingerprint density at radius 3 is 1.55 bits per heavy atom. The Bertz CT molecular complexity index is 82.9. The summed E-state index contributed by atoms with van der Waals surface area (Å²) in [5, 5.41) is 2.94. The summed E-state index contributed by atoms with van der Waals surface area (Å²) in [6.07, 6.45) is 3.74. The van der Waals surface area contributed by atoms with Crippen LogP contribution >= 0.6 is 0 Å². The van der Waals surface area contributed by atoms with Crippen molar-refractivity contribution in [1.29, 1.82) is 0 Å². The van der Waals surface area contributed by atoms with E-state index in [2.05, 4.69) is 11.9 Å². The summed E-state index contributed by atoms with van der Waals surface area (Å²) in [4.78, 5) is 0. The molecule has 0 amide bonds. The van der Waals surface area contributed by atoms with Crippen LogP contribution in [0.3, 0.4) is 0 Å². The van der Waals surface area contributed by atoms with Gasteiger partial charge in [0.05, 0.1) is 0 Å². The summed E-state index contributed by atoms with van der Waals surface area (Å²) in [6, 6.07) is 0. The van der Waals surface area contributed by atoms with Crippen LogP contribution in [0, 0.1) is 0 Å². The van der Waals surface area contributed by atoms with Crippen LogP contribution in [0.2, 0.25) is 0 Å². The average Bonchev–Trinajstić information content (AvgIpc) is 2.14. The third-order valence-electron chi connectivity index (χ3n) is 0.820. The summed E-state index contributed by atoms with van der Waals surface area (Å²) in [5.41, 5.74) is 1.07. The summed E-state index contributed by atoms with van der Waals surface area (Å²) in [7, 11) is 1.87. The Morgan fingerprint density at radius 2 is 1.55 bits per heavy atom. The molecule has 0 spiro atoms. The standard InChI is InChI=1S/C6H11N.2C2H6/c1-4-6(5-2)7-3;2*1-2/h4-5,7H,1H2,2-3H3;2*1-2H3/b6-5+;;. The molecular formula is C10H23N. The number of likely N-dealkylation sites (N-methyl/N-ethyl adjacent to an activating group) is 1. The third kappa shape index (κ3) is 17.6. The van der Waals surface area contributed by atoms with Crippen LogP contribution in [0.5, 0.6) is 0 Å². The lowest BCUT2D eigenvalue weighted by Gasteiger charge is -1.93. The maximum Gasteiger partial charge on any atom is 0.0288 e. The second-order valence-electron chi connectivity index (χ2n) is 1.20. The topological polar surface area (TPSA) is 12.0 Å². The first kappa shape index (κ1) is 16.7. The summed E-state index contributed by atoms with van der Waals surface area (Å²) >= 11 is 0. The number of hydrogen-bond acceptors (Lipinski definition) is 1. The SMILES string of the molecule is C=C/C(=C\C)NC.CC.CC. The number of nitrogens with one attached hydrogen (secondary N) is 1. The van der Waals surface area contributed by atoms with Crippen molar-refractivity contribution in [2.45, 2.75) is 34.6 Å². The maximum atomic E-state index is 3.57. The van der Waals surface area contributed by atoms with Gasteiger partial charge in [-0.2, -0.15) is 0 Å². The van der Waals surface area contributed by atoms with Crippen LogP contribution in [0.1, 0.15) is 34.6 Å². The van der Waals surface area contributed by atoms with Gasteiger partial charge in [0.25, 0.3) is 0 Å². The van der Waals surface area contributed by atoms with E-state index in [0.29, 0.717) is 0 Å². The molecule has 0 rings (SSSR count). The van der Waals surface area contributed by atoms with Gasteiger partial charge >= 0.3 is 0 Å². The number of rotatable bonds is 2. The van der Waals surface area contributed by atoms with E-state index in [1.807, 2.05) is 47.7 Å². The molecule has 68 valence electrons. The maximum absolute atomic E-state index is 3.57. The van der Waals surface area contributed by atoms with Gasteiger partial charge in [-0.25, -0.2) is 0 Å². The van der Waals surface area contributed by atoms with Crippen LogP contribution in [0.4, 0.5) is 0 Å². The van der Waals surface area contributed by atoms with Crippen molar-refractivity contribution in [3.05, 3.63) is 24.4 Å². The van der Waals surface area contributed by atoms with E-state index in [0.717, 1.165) is 5.70 Å². The van der Waals surface area contributed by atoms with E-state index in [1.165, 1.54) is 0 Å². The van der Waals surface area contributed by atoms with E-state index >= 15 is 0 Å². The zero-order valence-corrected chi connectivity index (χ0v) is 8.86. The van der Waals surface area contributed by atoms with Crippen molar-refractivity contribution in [3.8, 4) is 0 Å². The van der Waals surface area contributed by atoms with E-state index in [9.17, 15) is 0 Å². The number of allylic oxidation sites excluding steroid dienone is 2. The molecule has 0 saturated carbocycles. The predicted molar refractivity (Wildman–Crippen MR) is 55.7 cm³/mol. The summed E-state index contributed by atoms with van der Waals surface area (Å²) in [5.74, 6) is 0. The van der Waals surface area contributed by atoms with E-state index in [-0.39, 0.29) is 0 Å². The molecule has 0 saturated heterocycles. The highest BCUT2D eigenvalue weighted by molar-refractivity contribution is 5.11. The van der Waals surface area contributed by atoms with Crippen molar-refractivity contribution < 1.29 is 0 Å². The number of hydrogen-bond donors (Lipinski definition) is 1. The van der Waals surface area contributed by atoms with Gasteiger partial charge in [0.1, 0.15) is 0 Å². The fourth-order valence-electron chi connectivity index (χ4n) is 0.364. The molecule has 0 aliphatic heterocycles. The second kappa shape index (κ2) is 22.8. The van der Waals surface area contributed by atoms with Gasteiger partial charge in [0.15, 0.2) is 0 Å². The average molecular weight is 157 g/mol. The molecule has 0 aromatic rings. The fraction of sp³-hybridized carbons (Fsp3) is 0.600. The molecule has 0 aliphatic rings. The zero-order valence-electron chi connectivity index (χ0n) is 8.86. The Hall–Kier alpha value is -0.720. The van der Waals surface area contributed by atoms with Gasteiger partial charge in [-0.1, -0.05) is 40.3 Å². The van der Waals surface area contributed by atoms with Crippen molar-refractivity contribution in [2.75, 3.05) is 7.05 Å². The molecule has 0 radical (unpaired) electrons. The molecule has 11 heavy (non-hydrogen) atoms. The predicted octanol–water partition coefficient (Wildman–Crippen LogP) is 3.35. The van der Waals surface area contributed by atoms with E-state index in [1.54, 1.807) is 6.08 Å². The molecule has 0 fully saturated rings. The highest BCUT2D eigenvalue weighted by Crippen LogP contribution is 1.83. The monoisotopic (exact) mass is 157 g/mol. The van der Waals surface area contributed by atoms with Gasteiger partial charge in [0.2, 0.25) is 0 Å². The van der Waals surface area contributed by atoms with Gasteiger partial charge in [0, 0.05) is 12.7 Å². The molecule has 0 bridgehead atoms. The molecular weight excluding hydrogens is 134 g/mol. The lowest BCUT2D eigenvalue weighted by Crippen LogP contribution is -2.01. The highest BCUT2D eigenvalue weighted by Gasteiger charge is 1.74. The first-order chi connectivity index (χ1) is 5.35. The molecule has 0 aromatic heterocycles. The van der Waals surface area contributed by atoms with Gasteiger partial charge < -0.3 is 5.32 Å². The van der Waals surface area contributed by atoms with Crippen molar-refractivity contribution >= 4 is 0 Å². The van der Waals surface area contributed by atoms with Crippen LogP contribution < -0.4 is 5.32 Å². The molecule has 1 nitrogen and oxygen atoms in total. The van der Waals surface area contributed by atoms with E-state index < -0.39 is 0 Å². The van der Waals surface area contributed by atoms with E-state index in [4.69, 9.17) is 0 Å². The normalized spacial score (nSPS) is 8.00. The first-order valence-corrected chi connectivity index (χ1v) is 4.31. The van der Waals surface area contributed by atoms with Crippen molar-refractivity contribution in [1.82, 2.24) is 5.32 Å². The minimum atomic E-state index is 1.07. The fourth-order valence-corrected chi connectivity index (χ4v) is 0.364. The molecule has 0 aromatic carbocycles. The summed E-state index contributed by atoms with van der Waals surface area (Å²) in [6.45, 7) is 13.5. The molecule has 1 N–H and O–H groups in total. The van der Waals surface area contributed by atoms with Gasteiger partial charge in [-0.05, 0) is 13.0 Å². The second-order valence-corrected chi connectivity index (χ2v) is 1.20. The molecule has 0 heterocycles. The lowest BCUT2D eigenvalue weighted by atomic mass is 10.4. The molecule has 0 unspecified atom stereocenters. The Kier molecular flexibility index (Phi) is 34.7. The van der Waals surface area contributed by atoms with Crippen molar-refractivity contribution in [2.24, 2.45) is 0 Å². The Labute approximate surface area is 72.2 Å². The third-order valence-corrected chi connectivity index (χ3v) is 0.820. The minimum absolute atomic E-state index is 1.07. The van der Waals surface area contributed by atoms with Crippen LogP contribution in [0.15, 0.2) is 24.4 Å². The Balaban J connectivity index is -0.000000138.